The predicted octanol–water partition coefficient (Wildman–Crippen LogP) is 3.95. The predicted molar refractivity (Wildman–Crippen MR) is 116 cm³/mol. The Morgan fingerprint density at radius 2 is 1.97 bits per heavy atom. The second-order valence-electron chi connectivity index (χ2n) is 7.34. The van der Waals surface area contributed by atoms with Crippen molar-refractivity contribution in [1.82, 2.24) is 19.5 Å². The van der Waals surface area contributed by atoms with Gasteiger partial charge in [-0.15, -0.1) is 0 Å². The second kappa shape index (κ2) is 8.84. The van der Waals surface area contributed by atoms with Gasteiger partial charge in [0.15, 0.2) is 17.0 Å². The minimum atomic E-state index is -0.547. The van der Waals surface area contributed by atoms with Gasteiger partial charge < -0.3 is 25.4 Å². The van der Waals surface area contributed by atoms with Gasteiger partial charge >= 0.3 is 0 Å². The van der Waals surface area contributed by atoms with Crippen LogP contribution in [-0.2, 0) is 6.54 Å². The molecule has 0 bridgehead atoms. The van der Waals surface area contributed by atoms with E-state index in [1.54, 1.807) is 31.5 Å². The van der Waals surface area contributed by atoms with Crippen LogP contribution in [0.2, 0.25) is 5.02 Å². The van der Waals surface area contributed by atoms with E-state index in [1.807, 2.05) is 11.5 Å². The number of aliphatic hydroxyl groups excluding tert-OH is 1. The Morgan fingerprint density at radius 1 is 1.21 bits per heavy atom. The summed E-state index contributed by atoms with van der Waals surface area (Å²) in [6.45, 7) is 8.15. The number of nitrogens with zero attached hydrogens (tertiary/aromatic N) is 4. The van der Waals surface area contributed by atoms with Crippen LogP contribution in [0.4, 0.5) is 11.8 Å². The summed E-state index contributed by atoms with van der Waals surface area (Å²) in [5.41, 5.74) is 1.98. The van der Waals surface area contributed by atoms with Crippen molar-refractivity contribution in [3.8, 4) is 5.75 Å². The Hall–Kier alpha value is -2.58. The fraction of sp³-hybridized carbons (Fsp3) is 0.450. The van der Waals surface area contributed by atoms with Crippen molar-refractivity contribution in [1.29, 1.82) is 0 Å². The number of phenolic OH excluding ortho intramolecular Hbond substituents is 1. The van der Waals surface area contributed by atoms with Crippen LogP contribution in [-0.4, -0.2) is 41.9 Å². The van der Waals surface area contributed by atoms with Crippen LogP contribution in [0.1, 0.15) is 45.7 Å². The van der Waals surface area contributed by atoms with E-state index in [4.69, 9.17) is 11.6 Å². The van der Waals surface area contributed by atoms with E-state index in [0.29, 0.717) is 40.1 Å². The number of phenols is 1. The Kier molecular flexibility index (Phi) is 6.44. The zero-order chi connectivity index (χ0) is 21.1. The number of anilines is 2. The largest absolute Gasteiger partial charge is 0.508 e. The molecule has 2 atom stereocenters. The molecule has 3 rings (SSSR count). The average molecular weight is 419 g/mol. The van der Waals surface area contributed by atoms with Crippen molar-refractivity contribution in [2.75, 3.05) is 10.6 Å². The summed E-state index contributed by atoms with van der Waals surface area (Å²) in [5, 5.41) is 27.0. The summed E-state index contributed by atoms with van der Waals surface area (Å²) in [6.07, 6.45) is 1.91. The van der Waals surface area contributed by atoms with Crippen LogP contribution in [0.3, 0.4) is 0 Å². The Balaban J connectivity index is 1.98. The Morgan fingerprint density at radius 3 is 2.62 bits per heavy atom. The van der Waals surface area contributed by atoms with Crippen LogP contribution < -0.4 is 10.6 Å². The van der Waals surface area contributed by atoms with E-state index < -0.39 is 6.10 Å². The number of benzene rings is 1. The highest BCUT2D eigenvalue weighted by atomic mass is 35.5. The molecule has 0 spiro atoms. The van der Waals surface area contributed by atoms with Gasteiger partial charge in [0.05, 0.1) is 18.5 Å². The highest BCUT2D eigenvalue weighted by Gasteiger charge is 2.18. The summed E-state index contributed by atoms with van der Waals surface area (Å²) in [7, 11) is 0. The maximum absolute atomic E-state index is 10.1. The van der Waals surface area contributed by atoms with E-state index in [0.717, 1.165) is 6.42 Å². The van der Waals surface area contributed by atoms with Crippen LogP contribution >= 0.6 is 11.6 Å². The van der Waals surface area contributed by atoms with E-state index in [1.165, 1.54) is 0 Å². The highest BCUT2D eigenvalue weighted by molar-refractivity contribution is 6.30. The molecule has 0 saturated carbocycles. The molecule has 9 heteroatoms. The van der Waals surface area contributed by atoms with E-state index in [9.17, 15) is 10.2 Å². The maximum Gasteiger partial charge on any atom is 0.227 e. The lowest BCUT2D eigenvalue weighted by Gasteiger charge is -2.20. The normalized spacial score (nSPS) is 13.6. The minimum Gasteiger partial charge on any atom is -0.508 e. The molecule has 4 N–H and O–H groups in total. The molecule has 1 aromatic carbocycles. The monoisotopic (exact) mass is 418 g/mol. The van der Waals surface area contributed by atoms with Crippen LogP contribution in [0.25, 0.3) is 11.2 Å². The molecule has 29 heavy (non-hydrogen) atoms. The minimum absolute atomic E-state index is 0.151. The fourth-order valence-electron chi connectivity index (χ4n) is 3.09. The zero-order valence-electron chi connectivity index (χ0n) is 17.0. The SMILES string of the molecule is CC[C@@H](Nc1nc(NCc2cc(Cl)ccc2O)c2ncn(C(C)C)c2n1)C(C)O. The number of halogens is 1. The highest BCUT2D eigenvalue weighted by Crippen LogP contribution is 2.26. The van der Waals surface area contributed by atoms with Gasteiger partial charge in [0.25, 0.3) is 0 Å². The molecular formula is C20H27ClN6O2. The van der Waals surface area contributed by atoms with Crippen molar-refractivity contribution in [3.05, 3.63) is 35.1 Å². The molecule has 2 heterocycles. The van der Waals surface area contributed by atoms with Gasteiger partial charge in [-0.05, 0) is 45.4 Å². The molecule has 1 unspecified atom stereocenters. The average Bonchev–Trinajstić information content (AvgIpc) is 3.10. The molecule has 0 saturated heterocycles. The van der Waals surface area contributed by atoms with Gasteiger partial charge in [0, 0.05) is 23.2 Å². The number of fused-ring (bicyclic) bond motifs is 1. The van der Waals surface area contributed by atoms with Crippen molar-refractivity contribution in [2.24, 2.45) is 0 Å². The molecule has 2 aromatic heterocycles. The lowest BCUT2D eigenvalue weighted by atomic mass is 10.1. The number of hydrogen-bond donors (Lipinski definition) is 4. The number of imidazole rings is 1. The Bertz CT molecular complexity index is 989. The third-order valence-electron chi connectivity index (χ3n) is 4.80. The standard InChI is InChI=1S/C20H27ClN6O2/c1-5-15(12(4)28)24-20-25-18(17-19(26-20)27(10-23-17)11(2)3)22-9-13-8-14(21)6-7-16(13)29/h6-8,10-12,15,28-29H,5,9H2,1-4H3,(H2,22,24,25,26)/t12?,15-/m1/s1. The van der Waals surface area contributed by atoms with E-state index in [-0.39, 0.29) is 17.8 Å². The molecule has 0 radical (unpaired) electrons. The molecule has 0 aliphatic rings. The number of aromatic hydroxyl groups is 1. The summed E-state index contributed by atoms with van der Waals surface area (Å²) < 4.78 is 1.97. The van der Waals surface area contributed by atoms with Gasteiger partial charge in [-0.2, -0.15) is 9.97 Å². The van der Waals surface area contributed by atoms with Crippen LogP contribution in [0.5, 0.6) is 5.75 Å². The number of nitrogens with one attached hydrogen (secondary N) is 2. The van der Waals surface area contributed by atoms with Crippen LogP contribution in [0.15, 0.2) is 24.5 Å². The van der Waals surface area contributed by atoms with Gasteiger partial charge in [-0.3, -0.25) is 0 Å². The lowest BCUT2D eigenvalue weighted by Crippen LogP contribution is -2.31. The quantitative estimate of drug-likeness (QED) is 0.438. The zero-order valence-corrected chi connectivity index (χ0v) is 17.8. The number of hydrogen-bond acceptors (Lipinski definition) is 7. The van der Waals surface area contributed by atoms with Crippen molar-refractivity contribution >= 4 is 34.5 Å². The third-order valence-corrected chi connectivity index (χ3v) is 5.04. The molecular weight excluding hydrogens is 392 g/mol. The summed E-state index contributed by atoms with van der Waals surface area (Å²) in [4.78, 5) is 13.7. The summed E-state index contributed by atoms with van der Waals surface area (Å²) in [6, 6.07) is 4.90. The van der Waals surface area contributed by atoms with Gasteiger partial charge in [-0.25, -0.2) is 4.98 Å². The molecule has 3 aromatic rings. The molecule has 156 valence electrons. The first-order chi connectivity index (χ1) is 13.8. The summed E-state index contributed by atoms with van der Waals surface area (Å²) >= 11 is 6.05. The maximum atomic E-state index is 10.1. The second-order valence-corrected chi connectivity index (χ2v) is 7.78. The van der Waals surface area contributed by atoms with Crippen molar-refractivity contribution in [2.45, 2.75) is 58.8 Å². The van der Waals surface area contributed by atoms with Crippen molar-refractivity contribution < 1.29 is 10.2 Å². The van der Waals surface area contributed by atoms with Gasteiger partial charge in [0.2, 0.25) is 5.95 Å². The number of rotatable bonds is 8. The van der Waals surface area contributed by atoms with Crippen molar-refractivity contribution in [3.63, 3.8) is 0 Å². The topological polar surface area (TPSA) is 108 Å². The van der Waals surface area contributed by atoms with E-state index in [2.05, 4.69) is 39.4 Å². The van der Waals surface area contributed by atoms with Gasteiger partial charge in [0.1, 0.15) is 5.75 Å². The van der Waals surface area contributed by atoms with E-state index >= 15 is 0 Å². The smallest absolute Gasteiger partial charge is 0.227 e. The molecule has 8 nitrogen and oxygen atoms in total. The first-order valence-corrected chi connectivity index (χ1v) is 10.1. The fourth-order valence-corrected chi connectivity index (χ4v) is 3.28. The molecule has 0 aliphatic heterocycles. The van der Waals surface area contributed by atoms with Crippen LogP contribution in [0, 0.1) is 0 Å². The molecule has 0 fully saturated rings. The Labute approximate surface area is 175 Å². The first-order valence-electron chi connectivity index (χ1n) is 9.70. The first kappa shape index (κ1) is 21.1. The number of aromatic nitrogens is 4. The lowest BCUT2D eigenvalue weighted by molar-refractivity contribution is 0.169. The van der Waals surface area contributed by atoms with Gasteiger partial charge in [-0.1, -0.05) is 18.5 Å². The third kappa shape index (κ3) is 4.71. The summed E-state index contributed by atoms with van der Waals surface area (Å²) in [5.74, 6) is 1.10. The molecule has 0 amide bonds. The number of aliphatic hydroxyl groups is 1. The molecule has 0 aliphatic carbocycles.